The van der Waals surface area contributed by atoms with Crippen LogP contribution in [0.25, 0.3) is 0 Å². The first kappa shape index (κ1) is 27.9. The van der Waals surface area contributed by atoms with Gasteiger partial charge in [0.2, 0.25) is 0 Å². The zero-order chi connectivity index (χ0) is 20.7. The molecule has 0 atom stereocenters. The van der Waals surface area contributed by atoms with Crippen LogP contribution in [0.4, 0.5) is 39.5 Å². The third-order valence-corrected chi connectivity index (χ3v) is 7.35. The molecule has 0 spiro atoms. The molecule has 0 fully saturated rings. The predicted molar refractivity (Wildman–Crippen MR) is 51.4 cm³/mol. The largest absolute Gasteiger partial charge is 1.00 e. The van der Waals surface area contributed by atoms with Crippen molar-refractivity contribution in [3.63, 3.8) is 0 Å². The molecule has 0 aliphatic heterocycles. The van der Waals surface area contributed by atoms with Crippen molar-refractivity contribution in [2.45, 2.75) is 19.1 Å². The van der Waals surface area contributed by atoms with E-state index in [-0.39, 0.29) is 18.9 Å². The molecule has 0 rings (SSSR count). The van der Waals surface area contributed by atoms with Crippen molar-refractivity contribution in [2.24, 2.45) is 0 Å². The third kappa shape index (κ3) is 9.58. The molecule has 0 heterocycles. The molecule has 0 N–H and O–H groups in total. The number of alkyl halides is 9. The van der Waals surface area contributed by atoms with Crippen molar-refractivity contribution in [1.29, 1.82) is 0 Å². The van der Waals surface area contributed by atoms with Crippen molar-refractivity contribution in [1.82, 2.24) is 0 Å². The van der Waals surface area contributed by atoms with Crippen LogP contribution in [0.2, 0.25) is 0 Å². The summed E-state index contributed by atoms with van der Waals surface area (Å²) in [5.41, 5.74) is 0. The number of halogens is 9. The normalized spacial score (nSPS) is 15.0. The summed E-state index contributed by atoms with van der Waals surface area (Å²) in [4.78, 5) is 0. The summed E-state index contributed by atoms with van der Waals surface area (Å²) in [6.07, 6.45) is -19.4. The van der Waals surface area contributed by atoms with Gasteiger partial charge in [0, 0.05) is 0 Å². The van der Waals surface area contributed by atoms with Gasteiger partial charge in [-0.2, -0.15) is 12.5 Å². The molecule has 0 radical (unpaired) electrons. The molecule has 22 heteroatoms. The maximum atomic E-state index is 11.8. The van der Waals surface area contributed by atoms with Gasteiger partial charge in [0.25, 0.3) is 0 Å². The fourth-order valence-corrected chi connectivity index (χ4v) is 5.41. The summed E-state index contributed by atoms with van der Waals surface area (Å²) in [6.45, 7) is 0. The van der Waals surface area contributed by atoms with E-state index in [1.807, 2.05) is 12.5 Å². The molecule has 0 unspecified atom stereocenters. The van der Waals surface area contributed by atoms with Crippen LogP contribution in [0.5, 0.6) is 0 Å². The van der Waals surface area contributed by atoms with Crippen LogP contribution in [0.1, 0.15) is 0 Å². The summed E-state index contributed by atoms with van der Waals surface area (Å²) in [5, 5.41) is 0. The molecule has 0 aromatic rings. The SMILES string of the molecule is O=S(=O)(OC(F)(F)F)[C-](S(=O)(=O)OC(F)(F)F)S(=O)(=O)OC(F)(F)F.[Li+]. The molecule has 0 aliphatic carbocycles. The zero-order valence-electron chi connectivity index (χ0n) is 11.3. The fraction of sp³-hybridized carbons (Fsp3) is 0.750. The van der Waals surface area contributed by atoms with Gasteiger partial charge in [0.05, 0.1) is 0 Å². The summed E-state index contributed by atoms with van der Waals surface area (Å²) in [5.74, 6) is 0. The quantitative estimate of drug-likeness (QED) is 0.190. The smallest absolute Gasteiger partial charge is 0.232 e. The van der Waals surface area contributed by atoms with Crippen LogP contribution in [-0.4, -0.2) is 44.3 Å². The van der Waals surface area contributed by atoms with Crippen molar-refractivity contribution in [3.05, 3.63) is 3.91 Å². The van der Waals surface area contributed by atoms with Crippen LogP contribution in [-0.2, 0) is 42.9 Å². The maximum Gasteiger partial charge on any atom is 1.00 e. The number of rotatable bonds is 6. The molecular weight excluding hydrogens is 466 g/mol. The van der Waals surface area contributed by atoms with E-state index < -0.39 is 53.4 Å². The van der Waals surface area contributed by atoms with E-state index in [0.717, 1.165) is 0 Å². The minimum Gasteiger partial charge on any atom is -0.232 e. The van der Waals surface area contributed by atoms with Crippen LogP contribution < -0.4 is 18.9 Å². The molecule has 9 nitrogen and oxygen atoms in total. The Morgan fingerprint density at radius 1 is 0.500 bits per heavy atom. The Kier molecular flexibility index (Phi) is 8.56. The molecular formula is C4F9LiO9S3. The first-order valence-corrected chi connectivity index (χ1v) is 8.65. The zero-order valence-corrected chi connectivity index (χ0v) is 13.8. The fourth-order valence-electron chi connectivity index (χ4n) is 0.850. The average molecular weight is 466 g/mol. The van der Waals surface area contributed by atoms with E-state index in [4.69, 9.17) is 0 Å². The maximum absolute atomic E-state index is 11.8. The van der Waals surface area contributed by atoms with Crippen LogP contribution >= 0.6 is 0 Å². The molecule has 0 amide bonds. The Morgan fingerprint density at radius 2 is 0.654 bits per heavy atom. The van der Waals surface area contributed by atoms with E-state index in [1.54, 1.807) is 0 Å². The Labute approximate surface area is 149 Å². The Bertz CT molecular complexity index is 679. The molecule has 152 valence electrons. The minimum atomic E-state index is -7.37. The van der Waals surface area contributed by atoms with Gasteiger partial charge >= 0.3 is 37.9 Å². The molecule has 0 bridgehead atoms. The van der Waals surface area contributed by atoms with Gasteiger partial charge in [-0.25, -0.2) is 25.3 Å². The van der Waals surface area contributed by atoms with Crippen molar-refractivity contribution in [3.8, 4) is 0 Å². The second-order valence-corrected chi connectivity index (χ2v) is 8.42. The molecule has 0 saturated heterocycles. The molecule has 0 aromatic carbocycles. The van der Waals surface area contributed by atoms with Gasteiger partial charge in [0.15, 0.2) is 30.4 Å². The Hall–Kier alpha value is -0.303. The van der Waals surface area contributed by atoms with Gasteiger partial charge in [-0.05, 0) is 0 Å². The third-order valence-electron chi connectivity index (χ3n) is 1.22. The Morgan fingerprint density at radius 3 is 0.769 bits per heavy atom. The Balaban J connectivity index is 0. The summed E-state index contributed by atoms with van der Waals surface area (Å²) in [7, 11) is -22.1. The van der Waals surface area contributed by atoms with E-state index in [0.29, 0.717) is 0 Å². The van der Waals surface area contributed by atoms with Gasteiger partial charge in [-0.15, -0.1) is 39.5 Å². The molecule has 0 aromatic heterocycles. The van der Waals surface area contributed by atoms with Gasteiger partial charge < -0.3 is 0 Å². The van der Waals surface area contributed by atoms with E-state index >= 15 is 0 Å². The first-order chi connectivity index (χ1) is 10.5. The van der Waals surface area contributed by atoms with Gasteiger partial charge in [-0.3, -0.25) is 0 Å². The summed E-state index contributed by atoms with van der Waals surface area (Å²) < 4.78 is 174. The van der Waals surface area contributed by atoms with E-state index in [2.05, 4.69) is 0 Å². The van der Waals surface area contributed by atoms with Crippen molar-refractivity contribution >= 4 is 30.4 Å². The van der Waals surface area contributed by atoms with Crippen LogP contribution in [0, 0.1) is 3.91 Å². The molecule has 0 saturated carbocycles. The first-order valence-electron chi connectivity index (χ1n) is 4.43. The summed E-state index contributed by atoms with van der Waals surface area (Å²) >= 11 is 0. The molecule has 26 heavy (non-hydrogen) atoms. The predicted octanol–water partition coefficient (Wildman–Crippen LogP) is -1.96. The number of hydrogen-bond donors (Lipinski definition) is 0. The monoisotopic (exact) mass is 466 g/mol. The second kappa shape index (κ2) is 7.98. The van der Waals surface area contributed by atoms with Crippen LogP contribution in [0.3, 0.4) is 0 Å². The second-order valence-electron chi connectivity index (χ2n) is 3.20. The van der Waals surface area contributed by atoms with Crippen LogP contribution in [0.15, 0.2) is 0 Å². The van der Waals surface area contributed by atoms with Gasteiger partial charge in [-0.1, -0.05) is 0 Å². The average Bonchev–Trinajstić information content (AvgIpc) is 1.98. The topological polar surface area (TPSA) is 130 Å². The van der Waals surface area contributed by atoms with Crippen molar-refractivity contribution in [2.75, 3.05) is 0 Å². The molecule has 0 aliphatic rings. The number of hydrogen-bond acceptors (Lipinski definition) is 9. The van der Waals surface area contributed by atoms with E-state index in [9.17, 15) is 64.8 Å². The van der Waals surface area contributed by atoms with Crippen molar-refractivity contribution < 1.29 is 96.2 Å². The van der Waals surface area contributed by atoms with E-state index in [1.165, 1.54) is 0 Å². The minimum absolute atomic E-state index is 0. The van der Waals surface area contributed by atoms with Gasteiger partial charge in [0.1, 0.15) is 3.91 Å². The standard InChI is InChI=1S/C4F9O9S3.Li/c5-2(6,7)20-23(14,15)1(24(16,17)21-3(8,9)10)25(18,19)22-4(11,12)13;/q-1;+1. The summed E-state index contributed by atoms with van der Waals surface area (Å²) in [6, 6.07) is 0.